The molecule has 1 fully saturated rings. The number of benzene rings is 2. The minimum Gasteiger partial charge on any atom is -0.394 e. The van der Waals surface area contributed by atoms with Crippen LogP contribution in [0.15, 0.2) is 60.7 Å². The summed E-state index contributed by atoms with van der Waals surface area (Å²) in [4.78, 5) is 13.9. The Labute approximate surface area is 286 Å². The highest BCUT2D eigenvalue weighted by molar-refractivity contribution is 5.87. The Morgan fingerprint density at radius 1 is 0.750 bits per heavy atom. The molecule has 8 unspecified atom stereocenters. The lowest BCUT2D eigenvalue weighted by Crippen LogP contribution is -2.60. The highest BCUT2D eigenvalue weighted by atomic mass is 16.7. The molecule has 0 aromatic heterocycles. The van der Waals surface area contributed by atoms with E-state index in [4.69, 9.17) is 9.47 Å². The number of rotatable bonds is 23. The lowest BCUT2D eigenvalue weighted by atomic mass is 9.90. The van der Waals surface area contributed by atoms with Crippen LogP contribution in [0.1, 0.15) is 107 Å². The van der Waals surface area contributed by atoms with Gasteiger partial charge < -0.3 is 45.4 Å². The first kappa shape index (κ1) is 40.0. The Bertz CT molecular complexity index is 1080. The molecule has 1 aliphatic rings. The van der Waals surface area contributed by atoms with Crippen molar-refractivity contribution < 1.29 is 44.9 Å². The van der Waals surface area contributed by atoms with Crippen LogP contribution in [0.2, 0.25) is 0 Å². The van der Waals surface area contributed by atoms with Crippen molar-refractivity contribution in [2.75, 3.05) is 13.2 Å². The molecule has 48 heavy (non-hydrogen) atoms. The van der Waals surface area contributed by atoms with E-state index >= 15 is 0 Å². The third kappa shape index (κ3) is 12.8. The molecular formula is C38H59NO9. The highest BCUT2D eigenvalue weighted by Crippen LogP contribution is 2.26. The van der Waals surface area contributed by atoms with Crippen molar-refractivity contribution in [2.24, 2.45) is 0 Å². The molecule has 270 valence electrons. The van der Waals surface area contributed by atoms with Crippen molar-refractivity contribution in [3.63, 3.8) is 0 Å². The number of aliphatic hydroxyl groups is 6. The van der Waals surface area contributed by atoms with E-state index in [-0.39, 0.29) is 6.61 Å². The molecule has 1 saturated heterocycles. The topological polar surface area (TPSA) is 169 Å². The van der Waals surface area contributed by atoms with Gasteiger partial charge in [-0.25, -0.2) is 0 Å². The summed E-state index contributed by atoms with van der Waals surface area (Å²) in [7, 11) is 0. The van der Waals surface area contributed by atoms with Crippen LogP contribution in [-0.4, -0.2) is 98.7 Å². The fraction of sp³-hybridized carbons (Fsp3) is 0.658. The molecule has 10 heteroatoms. The molecule has 0 saturated carbocycles. The highest BCUT2D eigenvalue weighted by Gasteiger charge is 2.44. The third-order valence-electron chi connectivity index (χ3n) is 9.30. The summed E-state index contributed by atoms with van der Waals surface area (Å²) >= 11 is 0. The van der Waals surface area contributed by atoms with Gasteiger partial charge in [-0.2, -0.15) is 0 Å². The minimum atomic E-state index is -1.65. The maximum atomic E-state index is 13.9. The standard InChI is InChI=1S/C38H59NO9/c1-2-3-4-5-6-7-8-9-10-11-12-19-24-30(41)33(42)29(26-47-38-36(45)35(44)34(43)31(25-40)48-38)39-37(46)32(27-20-15-13-16-21-27)28-22-17-14-18-23-28/h13-18,20-23,29-36,38,40-45H,2-12,19,24-26H2,1H3,(H,39,46). The molecule has 0 bridgehead atoms. The third-order valence-corrected chi connectivity index (χ3v) is 9.30. The smallest absolute Gasteiger partial charge is 0.232 e. The van der Waals surface area contributed by atoms with Crippen LogP contribution in [0.25, 0.3) is 0 Å². The number of unbranched alkanes of at least 4 members (excludes halogenated alkanes) is 11. The number of aliphatic hydroxyl groups excluding tert-OH is 6. The maximum Gasteiger partial charge on any atom is 0.232 e. The quantitative estimate of drug-likeness (QED) is 0.0865. The minimum absolute atomic E-state index is 0.325. The molecular weight excluding hydrogens is 614 g/mol. The van der Waals surface area contributed by atoms with Crippen LogP contribution < -0.4 is 5.32 Å². The molecule has 0 aliphatic carbocycles. The average Bonchev–Trinajstić information content (AvgIpc) is 3.10. The zero-order chi connectivity index (χ0) is 34.7. The van der Waals surface area contributed by atoms with Gasteiger partial charge in [-0.3, -0.25) is 4.79 Å². The molecule has 1 amide bonds. The lowest BCUT2D eigenvalue weighted by molar-refractivity contribution is -0.303. The first-order valence-corrected chi connectivity index (χ1v) is 18.0. The van der Waals surface area contributed by atoms with E-state index < -0.39 is 67.4 Å². The van der Waals surface area contributed by atoms with Crippen LogP contribution >= 0.6 is 0 Å². The van der Waals surface area contributed by atoms with Crippen LogP contribution in [0.5, 0.6) is 0 Å². The van der Waals surface area contributed by atoms with Gasteiger partial charge in [-0.1, -0.05) is 145 Å². The van der Waals surface area contributed by atoms with Gasteiger partial charge in [-0.05, 0) is 17.5 Å². The second-order valence-electron chi connectivity index (χ2n) is 13.1. The van der Waals surface area contributed by atoms with E-state index in [1.807, 2.05) is 60.7 Å². The summed E-state index contributed by atoms with van der Waals surface area (Å²) in [5.41, 5.74) is 1.47. The largest absolute Gasteiger partial charge is 0.394 e. The van der Waals surface area contributed by atoms with Gasteiger partial charge in [0.15, 0.2) is 6.29 Å². The van der Waals surface area contributed by atoms with Crippen molar-refractivity contribution in [1.29, 1.82) is 0 Å². The number of hydrogen-bond acceptors (Lipinski definition) is 9. The van der Waals surface area contributed by atoms with E-state index in [2.05, 4.69) is 12.2 Å². The Kier molecular flexibility index (Phi) is 18.6. The van der Waals surface area contributed by atoms with Gasteiger partial charge in [0.25, 0.3) is 0 Å². The van der Waals surface area contributed by atoms with E-state index in [1.54, 1.807) is 0 Å². The molecule has 1 aliphatic heterocycles. The molecule has 0 spiro atoms. The SMILES string of the molecule is CCCCCCCCCCCCCCC(O)C(O)C(COC1OC(CO)C(O)C(O)C1O)NC(=O)C(c1ccccc1)c1ccccc1. The Morgan fingerprint density at radius 3 is 1.75 bits per heavy atom. The molecule has 0 radical (unpaired) electrons. The van der Waals surface area contributed by atoms with E-state index in [9.17, 15) is 35.4 Å². The number of nitrogens with one attached hydrogen (secondary N) is 1. The fourth-order valence-corrected chi connectivity index (χ4v) is 6.31. The normalized spacial score (nSPS) is 23.1. The summed E-state index contributed by atoms with van der Waals surface area (Å²) in [5.74, 6) is -1.14. The molecule has 2 aromatic rings. The fourth-order valence-electron chi connectivity index (χ4n) is 6.31. The second-order valence-corrected chi connectivity index (χ2v) is 13.1. The van der Waals surface area contributed by atoms with Gasteiger partial charge in [0, 0.05) is 0 Å². The molecule has 10 nitrogen and oxygen atoms in total. The summed E-state index contributed by atoms with van der Waals surface area (Å²) < 4.78 is 11.2. The predicted octanol–water partition coefficient (Wildman–Crippen LogP) is 3.93. The number of amides is 1. The van der Waals surface area contributed by atoms with Crippen molar-refractivity contribution >= 4 is 5.91 Å². The zero-order valence-corrected chi connectivity index (χ0v) is 28.5. The van der Waals surface area contributed by atoms with E-state index in [0.717, 1.165) is 30.4 Å². The molecule has 3 rings (SSSR count). The summed E-state index contributed by atoms with van der Waals surface area (Å²) in [6.07, 6.45) is 4.34. The lowest BCUT2D eigenvalue weighted by Gasteiger charge is -2.40. The first-order chi connectivity index (χ1) is 23.3. The van der Waals surface area contributed by atoms with Gasteiger partial charge in [-0.15, -0.1) is 0 Å². The van der Waals surface area contributed by atoms with Gasteiger partial charge in [0.05, 0.1) is 31.3 Å². The number of carbonyl (C=O) groups is 1. The molecule has 8 atom stereocenters. The summed E-state index contributed by atoms with van der Waals surface area (Å²) in [6, 6.07) is 17.3. The first-order valence-electron chi connectivity index (χ1n) is 18.0. The van der Waals surface area contributed by atoms with Crippen molar-refractivity contribution in [3.8, 4) is 0 Å². The maximum absolute atomic E-state index is 13.9. The van der Waals surface area contributed by atoms with Crippen LogP contribution in [0.3, 0.4) is 0 Å². The monoisotopic (exact) mass is 673 g/mol. The Hall–Kier alpha value is -2.41. The van der Waals surface area contributed by atoms with Crippen molar-refractivity contribution in [2.45, 2.75) is 145 Å². The van der Waals surface area contributed by atoms with Gasteiger partial charge in [0.1, 0.15) is 30.5 Å². The molecule has 7 N–H and O–H groups in total. The predicted molar refractivity (Wildman–Crippen MR) is 184 cm³/mol. The molecule has 1 heterocycles. The van der Waals surface area contributed by atoms with Gasteiger partial charge >= 0.3 is 0 Å². The van der Waals surface area contributed by atoms with Crippen LogP contribution in [0, 0.1) is 0 Å². The van der Waals surface area contributed by atoms with E-state index in [1.165, 1.54) is 51.4 Å². The summed E-state index contributed by atoms with van der Waals surface area (Å²) in [6.45, 7) is 1.22. The molecule has 2 aromatic carbocycles. The summed E-state index contributed by atoms with van der Waals surface area (Å²) in [5, 5.41) is 65.6. The zero-order valence-electron chi connectivity index (χ0n) is 28.5. The van der Waals surface area contributed by atoms with Crippen molar-refractivity contribution in [3.05, 3.63) is 71.8 Å². The Morgan fingerprint density at radius 2 is 1.25 bits per heavy atom. The average molecular weight is 674 g/mol. The number of ether oxygens (including phenoxy) is 2. The van der Waals surface area contributed by atoms with E-state index in [0.29, 0.717) is 12.8 Å². The second kappa shape index (κ2) is 22.3. The van der Waals surface area contributed by atoms with Crippen LogP contribution in [0.4, 0.5) is 0 Å². The number of carbonyl (C=O) groups excluding carboxylic acids is 1. The Balaban J connectivity index is 1.61. The number of hydrogen-bond donors (Lipinski definition) is 7. The van der Waals surface area contributed by atoms with Gasteiger partial charge in [0.2, 0.25) is 5.91 Å². The van der Waals surface area contributed by atoms with Crippen molar-refractivity contribution in [1.82, 2.24) is 5.32 Å². The van der Waals surface area contributed by atoms with Crippen LogP contribution in [-0.2, 0) is 14.3 Å².